The third-order valence-corrected chi connectivity index (χ3v) is 5.55. The zero-order chi connectivity index (χ0) is 27.1. The predicted octanol–water partition coefficient (Wildman–Crippen LogP) is 2.58. The van der Waals surface area contributed by atoms with E-state index in [1.165, 1.54) is 0 Å². The van der Waals surface area contributed by atoms with Crippen molar-refractivity contribution < 1.29 is 33.0 Å². The highest BCUT2D eigenvalue weighted by molar-refractivity contribution is 5.87. The molecular weight excluding hydrogens is 488 g/mol. The summed E-state index contributed by atoms with van der Waals surface area (Å²) in [5.41, 5.74) is 6.81. The van der Waals surface area contributed by atoms with E-state index >= 15 is 0 Å². The van der Waals surface area contributed by atoms with Crippen molar-refractivity contribution in [3.05, 3.63) is 65.6 Å². The van der Waals surface area contributed by atoms with E-state index in [1.807, 2.05) is 35.6 Å². The monoisotopic (exact) mass is 519 g/mol. The second kappa shape index (κ2) is 12.2. The molecule has 1 atom stereocenters. The van der Waals surface area contributed by atoms with E-state index in [9.17, 15) is 18.4 Å². The highest BCUT2D eigenvalue weighted by atomic mass is 19.3. The Labute approximate surface area is 212 Å². The maximum atomic E-state index is 13.2. The Morgan fingerprint density at radius 2 is 1.84 bits per heavy atom. The molecule has 200 valence electrons. The van der Waals surface area contributed by atoms with Crippen LogP contribution in [0, 0.1) is 0 Å². The summed E-state index contributed by atoms with van der Waals surface area (Å²) in [6.45, 7) is 0.957. The number of benzene rings is 1. The smallest absolute Gasteiger partial charge is 0.407 e. The number of aliphatic hydroxyl groups is 1. The molecule has 0 aliphatic heterocycles. The highest BCUT2D eigenvalue weighted by Gasteiger charge is 2.30. The molecule has 3 rings (SSSR count). The fourth-order valence-electron chi connectivity index (χ4n) is 3.46. The number of amides is 1. The number of alkyl halides is 2. The van der Waals surface area contributed by atoms with Gasteiger partial charge < -0.3 is 25.6 Å². The van der Waals surface area contributed by atoms with E-state index in [0.29, 0.717) is 23.8 Å². The zero-order valence-corrected chi connectivity index (χ0v) is 20.7. The summed E-state index contributed by atoms with van der Waals surface area (Å²) >= 11 is 0. The normalized spacial score (nSPS) is 12.9. The third-order valence-electron chi connectivity index (χ3n) is 5.55. The second-order valence-corrected chi connectivity index (χ2v) is 9.26. The molecule has 12 heteroatoms. The van der Waals surface area contributed by atoms with Crippen molar-refractivity contribution in [2.75, 3.05) is 19.8 Å². The standard InChI is InChI=1S/C25H31F2N5O5/c1-24(2,28)20(34)11-18(13-36-12-17-7-4-3-5-8-17)22-31-30-21-10-6-9-19(32(21)22)14-37-23(35)29-15-25(26,27)16-33/h3-10,18,33H,11-16,28H2,1-2H3,(H,29,35)/t18-/m1/s1. The largest absolute Gasteiger partial charge is 0.443 e. The van der Waals surface area contributed by atoms with E-state index in [0.717, 1.165) is 5.56 Å². The predicted molar refractivity (Wildman–Crippen MR) is 130 cm³/mol. The fraction of sp³-hybridized carbons (Fsp3) is 0.440. The summed E-state index contributed by atoms with van der Waals surface area (Å²) < 4.78 is 39.0. The first kappa shape index (κ1) is 28.1. The number of nitrogens with one attached hydrogen (secondary N) is 1. The quantitative estimate of drug-likeness (QED) is 0.313. The van der Waals surface area contributed by atoms with E-state index < -0.39 is 36.6 Å². The number of rotatable bonds is 13. The highest BCUT2D eigenvalue weighted by Crippen LogP contribution is 2.24. The van der Waals surface area contributed by atoms with Crippen molar-refractivity contribution in [1.29, 1.82) is 0 Å². The van der Waals surface area contributed by atoms with E-state index in [4.69, 9.17) is 20.3 Å². The molecule has 37 heavy (non-hydrogen) atoms. The van der Waals surface area contributed by atoms with Crippen LogP contribution in [0.25, 0.3) is 5.65 Å². The molecule has 0 saturated heterocycles. The van der Waals surface area contributed by atoms with Gasteiger partial charge in [-0.25, -0.2) is 13.6 Å². The van der Waals surface area contributed by atoms with Gasteiger partial charge in [-0.15, -0.1) is 10.2 Å². The minimum absolute atomic E-state index is 0.0327. The van der Waals surface area contributed by atoms with Crippen molar-refractivity contribution >= 4 is 17.5 Å². The van der Waals surface area contributed by atoms with Crippen LogP contribution in [0.3, 0.4) is 0 Å². The molecular formula is C25H31F2N5O5. The van der Waals surface area contributed by atoms with Gasteiger partial charge in [-0.3, -0.25) is 9.20 Å². The molecule has 0 aliphatic carbocycles. The molecule has 1 amide bonds. The average molecular weight is 520 g/mol. The SMILES string of the molecule is CC(C)(N)C(=O)C[C@H](COCc1ccccc1)c1nnc2cccc(COC(=O)NCC(F)(F)CO)n12. The number of carbonyl (C=O) groups excluding carboxylic acids is 2. The van der Waals surface area contributed by atoms with Gasteiger partial charge in [-0.1, -0.05) is 36.4 Å². The van der Waals surface area contributed by atoms with Crippen molar-refractivity contribution in [2.45, 2.75) is 50.9 Å². The minimum Gasteiger partial charge on any atom is -0.443 e. The molecule has 0 aliphatic rings. The van der Waals surface area contributed by atoms with Gasteiger partial charge in [-0.05, 0) is 31.5 Å². The maximum Gasteiger partial charge on any atom is 0.407 e. The molecule has 2 heterocycles. The molecule has 0 spiro atoms. The Bertz CT molecular complexity index is 1200. The van der Waals surface area contributed by atoms with Crippen LogP contribution in [-0.2, 0) is 27.5 Å². The first-order valence-electron chi connectivity index (χ1n) is 11.7. The number of pyridine rings is 1. The molecule has 4 N–H and O–H groups in total. The summed E-state index contributed by atoms with van der Waals surface area (Å²) in [5.74, 6) is -3.77. The van der Waals surface area contributed by atoms with Gasteiger partial charge in [0.15, 0.2) is 11.4 Å². The lowest BCUT2D eigenvalue weighted by Crippen LogP contribution is -2.42. The Kier molecular flexibility index (Phi) is 9.24. The maximum absolute atomic E-state index is 13.2. The number of aliphatic hydroxyl groups excluding tert-OH is 1. The molecule has 0 bridgehead atoms. The number of aromatic nitrogens is 3. The van der Waals surface area contributed by atoms with Gasteiger partial charge in [0.1, 0.15) is 19.0 Å². The summed E-state index contributed by atoms with van der Waals surface area (Å²) in [4.78, 5) is 24.8. The topological polar surface area (TPSA) is 141 Å². The van der Waals surface area contributed by atoms with Gasteiger partial charge in [-0.2, -0.15) is 0 Å². The van der Waals surface area contributed by atoms with Gasteiger partial charge in [0.2, 0.25) is 0 Å². The zero-order valence-electron chi connectivity index (χ0n) is 20.7. The molecule has 0 fully saturated rings. The molecule has 0 radical (unpaired) electrons. The minimum atomic E-state index is -3.46. The number of nitrogens with two attached hydrogens (primary N) is 1. The van der Waals surface area contributed by atoms with Crippen LogP contribution in [0.1, 0.15) is 43.3 Å². The lowest BCUT2D eigenvalue weighted by Gasteiger charge is -2.22. The number of carbonyl (C=O) groups is 2. The number of halogens is 2. The summed E-state index contributed by atoms with van der Waals surface area (Å²) in [5, 5.41) is 19.0. The first-order chi connectivity index (χ1) is 17.5. The van der Waals surface area contributed by atoms with E-state index in [-0.39, 0.29) is 25.4 Å². The first-order valence-corrected chi connectivity index (χ1v) is 11.7. The lowest BCUT2D eigenvalue weighted by molar-refractivity contribution is -0.123. The fourth-order valence-corrected chi connectivity index (χ4v) is 3.46. The number of alkyl carbamates (subject to hydrolysis) is 1. The summed E-state index contributed by atoms with van der Waals surface area (Å²) in [6, 6.07) is 14.6. The number of nitrogens with zero attached hydrogens (tertiary/aromatic N) is 3. The Balaban J connectivity index is 1.80. The van der Waals surface area contributed by atoms with Crippen LogP contribution < -0.4 is 11.1 Å². The van der Waals surface area contributed by atoms with Crippen LogP contribution >= 0.6 is 0 Å². The summed E-state index contributed by atoms with van der Waals surface area (Å²) in [6.07, 6.45) is -1.05. The van der Waals surface area contributed by atoms with Crippen LogP contribution in [0.15, 0.2) is 48.5 Å². The van der Waals surface area contributed by atoms with E-state index in [2.05, 4.69) is 10.2 Å². The number of fused-ring (bicyclic) bond motifs is 1. The molecule has 2 aromatic heterocycles. The molecule has 10 nitrogen and oxygen atoms in total. The molecule has 3 aromatic rings. The van der Waals surface area contributed by atoms with Gasteiger partial charge in [0.05, 0.1) is 31.0 Å². The number of Topliss-reactive ketones (excluding diaryl/α,β-unsaturated/α-hetero) is 1. The lowest BCUT2D eigenvalue weighted by atomic mass is 9.91. The van der Waals surface area contributed by atoms with Crippen LogP contribution in [0.5, 0.6) is 0 Å². The second-order valence-electron chi connectivity index (χ2n) is 9.26. The summed E-state index contributed by atoms with van der Waals surface area (Å²) in [7, 11) is 0. The van der Waals surface area contributed by atoms with Crippen LogP contribution in [0.4, 0.5) is 13.6 Å². The molecule has 0 saturated carbocycles. The van der Waals surface area contributed by atoms with Crippen LogP contribution in [-0.4, -0.2) is 62.8 Å². The number of hydrogen-bond donors (Lipinski definition) is 3. The van der Waals surface area contributed by atoms with Crippen molar-refractivity contribution in [2.24, 2.45) is 5.73 Å². The number of hydrogen-bond acceptors (Lipinski definition) is 8. The van der Waals surface area contributed by atoms with Gasteiger partial charge in [0, 0.05) is 12.3 Å². The molecule has 0 unspecified atom stereocenters. The number of ketones is 1. The van der Waals surface area contributed by atoms with Crippen molar-refractivity contribution in [1.82, 2.24) is 19.9 Å². The van der Waals surface area contributed by atoms with Gasteiger partial charge in [0.25, 0.3) is 5.92 Å². The van der Waals surface area contributed by atoms with E-state index in [1.54, 1.807) is 36.4 Å². The Morgan fingerprint density at radius 1 is 1.11 bits per heavy atom. The van der Waals surface area contributed by atoms with Gasteiger partial charge >= 0.3 is 6.09 Å². The van der Waals surface area contributed by atoms with Crippen molar-refractivity contribution in [3.63, 3.8) is 0 Å². The third kappa shape index (κ3) is 8.00. The molecule has 1 aromatic carbocycles. The Hall–Kier alpha value is -3.48. The Morgan fingerprint density at radius 3 is 2.51 bits per heavy atom. The number of ether oxygens (including phenoxy) is 2. The average Bonchev–Trinajstić information content (AvgIpc) is 3.30. The van der Waals surface area contributed by atoms with Crippen molar-refractivity contribution in [3.8, 4) is 0 Å². The van der Waals surface area contributed by atoms with Crippen LogP contribution in [0.2, 0.25) is 0 Å².